The molecule has 5 nitrogen and oxygen atoms in total. The van der Waals surface area contributed by atoms with Crippen LogP contribution in [-0.2, 0) is 4.79 Å². The lowest BCUT2D eigenvalue weighted by atomic mass is 10.1. The molecule has 1 aromatic carbocycles. The third-order valence-electron chi connectivity index (χ3n) is 3.16. The largest absolute Gasteiger partial charge is 0.353 e. The van der Waals surface area contributed by atoms with Gasteiger partial charge in [-0.25, -0.2) is 4.98 Å². The summed E-state index contributed by atoms with van der Waals surface area (Å²) in [5.74, 6) is 0.557. The number of carbonyl (C=O) groups excluding carboxylic acids is 1. The number of piperazine rings is 1. The summed E-state index contributed by atoms with van der Waals surface area (Å²) in [5.41, 5.74) is 1.34. The van der Waals surface area contributed by atoms with Gasteiger partial charge in [-0.2, -0.15) is 5.26 Å². The molecule has 1 aliphatic heterocycles. The van der Waals surface area contributed by atoms with E-state index in [9.17, 15) is 10.1 Å². The van der Waals surface area contributed by atoms with Crippen molar-refractivity contribution in [2.24, 2.45) is 0 Å². The first kappa shape index (κ1) is 11.5. The molecule has 2 aromatic rings. The molecule has 94 valence electrons. The second-order valence-electron chi connectivity index (χ2n) is 4.44. The van der Waals surface area contributed by atoms with E-state index in [1.54, 1.807) is 0 Å². The van der Waals surface area contributed by atoms with Crippen LogP contribution >= 0.6 is 0 Å². The van der Waals surface area contributed by atoms with E-state index in [0.717, 1.165) is 10.9 Å². The average molecular weight is 252 g/mol. The van der Waals surface area contributed by atoms with E-state index >= 15 is 0 Å². The number of hydrogen-bond acceptors (Lipinski definition) is 4. The van der Waals surface area contributed by atoms with Crippen LogP contribution in [0.3, 0.4) is 0 Å². The van der Waals surface area contributed by atoms with Crippen LogP contribution in [-0.4, -0.2) is 30.5 Å². The fraction of sp³-hybridized carbons (Fsp3) is 0.214. The van der Waals surface area contributed by atoms with Gasteiger partial charge in [0.2, 0.25) is 5.91 Å². The maximum atomic E-state index is 11.4. The van der Waals surface area contributed by atoms with Gasteiger partial charge in [-0.05, 0) is 12.1 Å². The zero-order chi connectivity index (χ0) is 13.2. The number of carbonyl (C=O) groups is 1. The first-order valence-corrected chi connectivity index (χ1v) is 6.09. The smallest absolute Gasteiger partial charge is 0.239 e. The van der Waals surface area contributed by atoms with E-state index in [1.807, 2.05) is 35.2 Å². The molecule has 1 saturated heterocycles. The summed E-state index contributed by atoms with van der Waals surface area (Å²) < 4.78 is 0. The summed E-state index contributed by atoms with van der Waals surface area (Å²) in [5, 5.41) is 13.0. The first-order chi connectivity index (χ1) is 9.28. The molecule has 0 saturated carbocycles. The Bertz CT molecular complexity index is 689. The molecule has 0 unspecified atom stereocenters. The lowest BCUT2D eigenvalue weighted by Crippen LogP contribution is -2.48. The second-order valence-corrected chi connectivity index (χ2v) is 4.44. The molecule has 0 bridgehead atoms. The van der Waals surface area contributed by atoms with Crippen LogP contribution in [0.5, 0.6) is 0 Å². The quantitative estimate of drug-likeness (QED) is 0.823. The second kappa shape index (κ2) is 4.58. The third kappa shape index (κ3) is 2.08. The van der Waals surface area contributed by atoms with E-state index in [0.29, 0.717) is 24.5 Å². The lowest BCUT2D eigenvalue weighted by Gasteiger charge is -2.28. The molecule has 1 N–H and O–H groups in total. The van der Waals surface area contributed by atoms with Gasteiger partial charge in [-0.15, -0.1) is 0 Å². The number of fused-ring (bicyclic) bond motifs is 1. The van der Waals surface area contributed by atoms with Crippen molar-refractivity contribution in [1.29, 1.82) is 5.26 Å². The predicted octanol–water partition coefficient (Wildman–Crippen LogP) is 1.04. The van der Waals surface area contributed by atoms with Crippen molar-refractivity contribution in [1.82, 2.24) is 10.3 Å². The molecule has 5 heteroatoms. The van der Waals surface area contributed by atoms with Gasteiger partial charge >= 0.3 is 0 Å². The Labute approximate surface area is 110 Å². The highest BCUT2D eigenvalue weighted by atomic mass is 16.2. The van der Waals surface area contributed by atoms with Crippen LogP contribution in [0.2, 0.25) is 0 Å². The number of hydrogen-bond donors (Lipinski definition) is 1. The van der Waals surface area contributed by atoms with Crippen LogP contribution in [0.4, 0.5) is 5.82 Å². The minimum atomic E-state index is -0.0369. The Kier molecular flexibility index (Phi) is 2.76. The zero-order valence-electron chi connectivity index (χ0n) is 10.3. The number of benzene rings is 1. The monoisotopic (exact) mass is 252 g/mol. The van der Waals surface area contributed by atoms with Gasteiger partial charge in [-0.1, -0.05) is 18.2 Å². The van der Waals surface area contributed by atoms with Gasteiger partial charge < -0.3 is 10.2 Å². The number of para-hydroxylation sites is 1. The minimum absolute atomic E-state index is 0.0369. The molecule has 1 fully saturated rings. The molecule has 0 radical (unpaired) electrons. The van der Waals surface area contributed by atoms with Crippen molar-refractivity contribution in [2.75, 3.05) is 24.5 Å². The fourth-order valence-corrected chi connectivity index (χ4v) is 2.25. The van der Waals surface area contributed by atoms with Crippen LogP contribution in [0.15, 0.2) is 30.3 Å². The number of rotatable bonds is 1. The van der Waals surface area contributed by atoms with Crippen LogP contribution in [0.1, 0.15) is 5.56 Å². The van der Waals surface area contributed by atoms with Gasteiger partial charge in [0, 0.05) is 18.5 Å². The maximum absolute atomic E-state index is 11.4. The van der Waals surface area contributed by atoms with E-state index in [1.165, 1.54) is 0 Å². The summed E-state index contributed by atoms with van der Waals surface area (Å²) in [4.78, 5) is 17.8. The van der Waals surface area contributed by atoms with Gasteiger partial charge in [0.1, 0.15) is 11.9 Å². The van der Waals surface area contributed by atoms with Crippen LogP contribution in [0.25, 0.3) is 10.9 Å². The van der Waals surface area contributed by atoms with Crippen LogP contribution in [0, 0.1) is 11.3 Å². The molecule has 2 heterocycles. The van der Waals surface area contributed by atoms with Crippen molar-refractivity contribution in [3.8, 4) is 6.07 Å². The van der Waals surface area contributed by atoms with Gasteiger partial charge in [0.05, 0.1) is 17.6 Å². The number of nitrogens with zero attached hydrogens (tertiary/aromatic N) is 3. The third-order valence-corrected chi connectivity index (χ3v) is 3.16. The Morgan fingerprint density at radius 1 is 1.37 bits per heavy atom. The summed E-state index contributed by atoms with van der Waals surface area (Å²) in [6, 6.07) is 11.6. The molecular formula is C14H12N4O. The number of nitriles is 1. The van der Waals surface area contributed by atoms with E-state index in [-0.39, 0.29) is 12.5 Å². The number of amides is 1. The predicted molar refractivity (Wildman–Crippen MR) is 71.7 cm³/mol. The molecule has 1 aliphatic rings. The number of pyridine rings is 1. The fourth-order valence-electron chi connectivity index (χ4n) is 2.25. The zero-order valence-corrected chi connectivity index (χ0v) is 10.3. The van der Waals surface area contributed by atoms with Crippen molar-refractivity contribution >= 4 is 22.6 Å². The Morgan fingerprint density at radius 3 is 3.00 bits per heavy atom. The van der Waals surface area contributed by atoms with E-state index < -0.39 is 0 Å². The first-order valence-electron chi connectivity index (χ1n) is 6.09. The van der Waals surface area contributed by atoms with Crippen LogP contribution < -0.4 is 10.2 Å². The van der Waals surface area contributed by atoms with Crippen molar-refractivity contribution in [3.05, 3.63) is 35.9 Å². The van der Waals surface area contributed by atoms with E-state index in [4.69, 9.17) is 0 Å². The molecule has 0 aliphatic carbocycles. The van der Waals surface area contributed by atoms with Crippen molar-refractivity contribution in [3.63, 3.8) is 0 Å². The SMILES string of the molecule is N#Cc1cc2ccccc2nc1N1CCNC(=O)C1. The Hall–Kier alpha value is -2.61. The molecule has 0 atom stereocenters. The molecule has 1 amide bonds. The summed E-state index contributed by atoms with van der Waals surface area (Å²) in [7, 11) is 0. The topological polar surface area (TPSA) is 69.0 Å². The highest BCUT2D eigenvalue weighted by molar-refractivity contribution is 5.86. The normalized spacial score (nSPS) is 15.1. The maximum Gasteiger partial charge on any atom is 0.239 e. The molecule has 19 heavy (non-hydrogen) atoms. The number of anilines is 1. The highest BCUT2D eigenvalue weighted by Crippen LogP contribution is 2.23. The summed E-state index contributed by atoms with van der Waals surface area (Å²) in [6.45, 7) is 1.50. The van der Waals surface area contributed by atoms with Crippen molar-refractivity contribution in [2.45, 2.75) is 0 Å². The Morgan fingerprint density at radius 2 is 2.21 bits per heavy atom. The molecule has 0 spiro atoms. The van der Waals surface area contributed by atoms with Gasteiger partial charge in [0.25, 0.3) is 0 Å². The van der Waals surface area contributed by atoms with E-state index in [2.05, 4.69) is 16.4 Å². The molecule has 3 rings (SSSR count). The standard InChI is InChI=1S/C14H12N4O/c15-8-11-7-10-3-1-2-4-12(10)17-14(11)18-6-5-16-13(19)9-18/h1-4,7H,5-6,9H2,(H,16,19). The molecular weight excluding hydrogens is 240 g/mol. The minimum Gasteiger partial charge on any atom is -0.353 e. The highest BCUT2D eigenvalue weighted by Gasteiger charge is 2.20. The molecule has 1 aromatic heterocycles. The summed E-state index contributed by atoms with van der Waals surface area (Å²) >= 11 is 0. The van der Waals surface area contributed by atoms with Crippen molar-refractivity contribution < 1.29 is 4.79 Å². The van der Waals surface area contributed by atoms with Gasteiger partial charge in [-0.3, -0.25) is 4.79 Å². The lowest BCUT2D eigenvalue weighted by molar-refractivity contribution is -0.120. The number of nitrogens with one attached hydrogen (secondary N) is 1. The average Bonchev–Trinajstić information content (AvgIpc) is 2.46. The summed E-state index contributed by atoms with van der Waals surface area (Å²) in [6.07, 6.45) is 0. The van der Waals surface area contributed by atoms with Gasteiger partial charge in [0.15, 0.2) is 0 Å². The Balaban J connectivity index is 2.11. The number of aromatic nitrogens is 1.